The van der Waals surface area contributed by atoms with Crippen LogP contribution < -0.4 is 5.48 Å². The molecule has 5 nitrogen and oxygen atoms in total. The van der Waals surface area contributed by atoms with Crippen LogP contribution in [0.1, 0.15) is 21.5 Å². The molecule has 0 saturated heterocycles. The van der Waals surface area contributed by atoms with E-state index in [0.717, 1.165) is 6.07 Å². The number of hydroxylamine groups is 1. The van der Waals surface area contributed by atoms with Crippen molar-refractivity contribution >= 4 is 17.0 Å². The van der Waals surface area contributed by atoms with Crippen LogP contribution in [0.15, 0.2) is 40.8 Å². The average molecular weight is 390 g/mol. The van der Waals surface area contributed by atoms with E-state index in [9.17, 15) is 31.1 Å². The van der Waals surface area contributed by atoms with Crippen LogP contribution >= 0.6 is 0 Å². The number of fused-ring (bicyclic) bond motifs is 1. The fourth-order valence-electron chi connectivity index (χ4n) is 2.34. The fraction of sp³-hybridized carbons (Fsp3) is 0.125. The van der Waals surface area contributed by atoms with Gasteiger partial charge in [0.25, 0.3) is 5.91 Å². The third kappa shape index (κ3) is 3.72. The minimum atomic E-state index is -5.01. The van der Waals surface area contributed by atoms with Gasteiger partial charge in [-0.15, -0.1) is 0 Å². The molecule has 11 heteroatoms. The molecule has 1 heterocycles. The van der Waals surface area contributed by atoms with E-state index in [1.165, 1.54) is 17.6 Å². The Hall–Kier alpha value is -3.08. The summed E-state index contributed by atoms with van der Waals surface area (Å²) in [6.07, 6.45) is -10.0. The Labute approximate surface area is 146 Å². The molecule has 3 aromatic rings. The van der Waals surface area contributed by atoms with Crippen molar-refractivity contribution in [2.75, 3.05) is 0 Å². The number of hydrogen-bond donors (Lipinski definition) is 2. The van der Waals surface area contributed by atoms with E-state index < -0.39 is 40.8 Å². The van der Waals surface area contributed by atoms with Crippen LogP contribution in [-0.4, -0.2) is 16.1 Å². The lowest BCUT2D eigenvalue weighted by atomic mass is 10.0. The highest BCUT2D eigenvalue weighted by molar-refractivity contribution is 5.96. The molecule has 0 fully saturated rings. The number of rotatable bonds is 2. The lowest BCUT2D eigenvalue weighted by molar-refractivity contribution is -0.143. The molecule has 142 valence electrons. The maximum absolute atomic E-state index is 13.0. The van der Waals surface area contributed by atoms with Crippen molar-refractivity contribution in [3.8, 4) is 11.5 Å². The lowest BCUT2D eigenvalue weighted by Gasteiger charge is -2.12. The average Bonchev–Trinajstić information content (AvgIpc) is 3.02. The quantitative estimate of drug-likeness (QED) is 0.379. The van der Waals surface area contributed by atoms with Crippen LogP contribution in [0, 0.1) is 0 Å². The van der Waals surface area contributed by atoms with E-state index in [0.29, 0.717) is 12.1 Å². The fourth-order valence-corrected chi connectivity index (χ4v) is 2.34. The van der Waals surface area contributed by atoms with E-state index in [4.69, 9.17) is 9.62 Å². The predicted molar refractivity (Wildman–Crippen MR) is 78.7 cm³/mol. The van der Waals surface area contributed by atoms with Crippen molar-refractivity contribution in [3.05, 3.63) is 53.1 Å². The van der Waals surface area contributed by atoms with Gasteiger partial charge in [-0.1, -0.05) is 0 Å². The molecule has 0 spiro atoms. The first-order chi connectivity index (χ1) is 12.5. The van der Waals surface area contributed by atoms with Gasteiger partial charge in [0.15, 0.2) is 5.58 Å². The molecule has 0 saturated carbocycles. The van der Waals surface area contributed by atoms with Crippen molar-refractivity contribution in [1.29, 1.82) is 0 Å². The standard InChI is InChI=1S/C16H8F6N2O3/c17-15(18,19)9-3-8(4-10(6-9)16(20,21)22)14-23-11-5-7(13(25)24-26)1-2-12(11)27-14/h1-6,26H,(H,24,25). The van der Waals surface area contributed by atoms with Gasteiger partial charge in [-0.05, 0) is 36.4 Å². The minimum Gasteiger partial charge on any atom is -0.436 e. The van der Waals surface area contributed by atoms with Crippen molar-refractivity contribution in [3.63, 3.8) is 0 Å². The Morgan fingerprint density at radius 3 is 2.07 bits per heavy atom. The molecule has 2 aromatic carbocycles. The van der Waals surface area contributed by atoms with Gasteiger partial charge in [-0.3, -0.25) is 10.0 Å². The molecule has 1 aromatic heterocycles. The second-order valence-corrected chi connectivity index (χ2v) is 5.44. The van der Waals surface area contributed by atoms with Gasteiger partial charge in [0.2, 0.25) is 5.89 Å². The smallest absolute Gasteiger partial charge is 0.416 e. The van der Waals surface area contributed by atoms with Crippen LogP contribution in [0.3, 0.4) is 0 Å². The number of oxazole rings is 1. The molecule has 2 N–H and O–H groups in total. The van der Waals surface area contributed by atoms with Crippen molar-refractivity contribution in [2.45, 2.75) is 12.4 Å². The minimum absolute atomic E-state index is 0.00412. The Bertz CT molecular complexity index is 991. The van der Waals surface area contributed by atoms with Crippen LogP contribution in [-0.2, 0) is 12.4 Å². The monoisotopic (exact) mass is 390 g/mol. The summed E-state index contributed by atoms with van der Waals surface area (Å²) < 4.78 is 82.9. The van der Waals surface area contributed by atoms with Crippen LogP contribution in [0.5, 0.6) is 0 Å². The molecule has 0 radical (unpaired) electrons. The highest BCUT2D eigenvalue weighted by Crippen LogP contribution is 2.39. The van der Waals surface area contributed by atoms with Crippen molar-refractivity contribution < 1.29 is 40.8 Å². The summed E-state index contributed by atoms with van der Waals surface area (Å²) in [7, 11) is 0. The zero-order valence-electron chi connectivity index (χ0n) is 12.9. The molecular formula is C16H8F6N2O3. The number of benzene rings is 2. The number of nitrogens with one attached hydrogen (secondary N) is 1. The first-order valence-corrected chi connectivity index (χ1v) is 7.14. The summed E-state index contributed by atoms with van der Waals surface area (Å²) in [5.74, 6) is -1.36. The second-order valence-electron chi connectivity index (χ2n) is 5.44. The molecule has 1 amide bonds. The number of alkyl halides is 6. The van der Waals surface area contributed by atoms with E-state index in [2.05, 4.69) is 4.98 Å². The normalized spacial score (nSPS) is 12.4. The molecule has 0 aliphatic carbocycles. The Morgan fingerprint density at radius 2 is 1.56 bits per heavy atom. The van der Waals surface area contributed by atoms with Gasteiger partial charge in [-0.2, -0.15) is 26.3 Å². The zero-order chi connectivity index (χ0) is 20.0. The van der Waals surface area contributed by atoms with Crippen molar-refractivity contribution in [2.24, 2.45) is 0 Å². The summed E-state index contributed by atoms with van der Waals surface area (Å²) in [6, 6.07) is 4.61. The molecule has 27 heavy (non-hydrogen) atoms. The summed E-state index contributed by atoms with van der Waals surface area (Å²) in [4.78, 5) is 15.2. The number of carbonyl (C=O) groups excluding carboxylic acids is 1. The molecule has 0 bridgehead atoms. The van der Waals surface area contributed by atoms with Crippen molar-refractivity contribution in [1.82, 2.24) is 10.5 Å². The van der Waals surface area contributed by atoms with Crippen LogP contribution in [0.25, 0.3) is 22.6 Å². The predicted octanol–water partition coefficient (Wildman–Crippen LogP) is 4.65. The zero-order valence-corrected chi connectivity index (χ0v) is 12.9. The number of nitrogens with zero attached hydrogens (tertiary/aromatic N) is 1. The third-order valence-corrected chi connectivity index (χ3v) is 3.59. The first kappa shape index (κ1) is 18.7. The molecule has 0 aliphatic heterocycles. The first-order valence-electron chi connectivity index (χ1n) is 7.14. The molecule has 0 unspecified atom stereocenters. The number of hydrogen-bond acceptors (Lipinski definition) is 4. The van der Waals surface area contributed by atoms with Gasteiger partial charge < -0.3 is 4.42 Å². The largest absolute Gasteiger partial charge is 0.436 e. The lowest BCUT2D eigenvalue weighted by Crippen LogP contribution is -2.18. The van der Waals surface area contributed by atoms with Gasteiger partial charge in [-0.25, -0.2) is 10.5 Å². The maximum Gasteiger partial charge on any atom is 0.416 e. The Kier molecular flexibility index (Phi) is 4.34. The summed E-state index contributed by atoms with van der Waals surface area (Å²) >= 11 is 0. The van der Waals surface area contributed by atoms with Gasteiger partial charge in [0, 0.05) is 11.1 Å². The SMILES string of the molecule is O=C(NO)c1ccc2oc(-c3cc(C(F)(F)F)cc(C(F)(F)F)c3)nc2c1. The summed E-state index contributed by atoms with van der Waals surface area (Å²) in [5.41, 5.74) is -2.14. The van der Waals surface area contributed by atoms with Gasteiger partial charge in [0.1, 0.15) is 5.52 Å². The highest BCUT2D eigenvalue weighted by atomic mass is 19.4. The Morgan fingerprint density at radius 1 is 0.963 bits per heavy atom. The van der Waals surface area contributed by atoms with E-state index in [1.54, 1.807) is 0 Å². The summed E-state index contributed by atoms with van der Waals surface area (Å²) in [6.45, 7) is 0. The number of halogens is 6. The molecular weight excluding hydrogens is 382 g/mol. The van der Waals surface area contributed by atoms with Gasteiger partial charge >= 0.3 is 12.4 Å². The Balaban J connectivity index is 2.16. The number of carbonyl (C=O) groups is 1. The second kappa shape index (κ2) is 6.27. The highest BCUT2D eigenvalue weighted by Gasteiger charge is 2.37. The number of aromatic nitrogens is 1. The van der Waals surface area contributed by atoms with E-state index in [-0.39, 0.29) is 22.7 Å². The van der Waals surface area contributed by atoms with E-state index >= 15 is 0 Å². The van der Waals surface area contributed by atoms with E-state index in [1.807, 2.05) is 0 Å². The van der Waals surface area contributed by atoms with Gasteiger partial charge in [0.05, 0.1) is 11.1 Å². The number of amides is 1. The van der Waals surface area contributed by atoms with Crippen LogP contribution in [0.4, 0.5) is 26.3 Å². The maximum atomic E-state index is 13.0. The topological polar surface area (TPSA) is 75.4 Å². The third-order valence-electron chi connectivity index (χ3n) is 3.59. The molecule has 0 atom stereocenters. The molecule has 0 aliphatic rings. The summed E-state index contributed by atoms with van der Waals surface area (Å²) in [5, 5.41) is 8.60. The molecule has 3 rings (SSSR count). The van der Waals surface area contributed by atoms with Crippen LogP contribution in [0.2, 0.25) is 0 Å².